The van der Waals surface area contributed by atoms with Crippen LogP contribution >= 0.6 is 8.58 Å². The second-order valence-corrected chi connectivity index (χ2v) is 5.59. The van der Waals surface area contributed by atoms with Crippen LogP contribution in [-0.2, 0) is 0 Å². The van der Waals surface area contributed by atoms with Gasteiger partial charge in [-0.25, -0.2) is 4.39 Å². The van der Waals surface area contributed by atoms with Gasteiger partial charge in [0.25, 0.3) is 0 Å². The van der Waals surface area contributed by atoms with Crippen LogP contribution in [0.25, 0.3) is 0 Å². The van der Waals surface area contributed by atoms with E-state index in [4.69, 9.17) is 4.74 Å². The molecule has 0 amide bonds. The normalized spacial score (nSPS) is 11.1. The molecule has 0 fully saturated rings. The molecule has 94 valence electrons. The van der Waals surface area contributed by atoms with E-state index in [2.05, 4.69) is 0 Å². The van der Waals surface area contributed by atoms with Crippen molar-refractivity contribution in [2.75, 3.05) is 7.11 Å². The highest BCUT2D eigenvalue weighted by molar-refractivity contribution is 7.55. The first-order valence-corrected chi connectivity index (χ1v) is 6.78. The van der Waals surface area contributed by atoms with Crippen LogP contribution in [0.1, 0.15) is 11.1 Å². The summed E-state index contributed by atoms with van der Waals surface area (Å²) in [6.45, 7) is 3.89. The van der Waals surface area contributed by atoms with E-state index in [-0.39, 0.29) is 14.4 Å². The Labute approximate surface area is 109 Å². The summed E-state index contributed by atoms with van der Waals surface area (Å²) in [5.41, 5.74) is 2.02. The number of benzene rings is 2. The van der Waals surface area contributed by atoms with E-state index >= 15 is 0 Å². The minimum absolute atomic E-state index is 0.142. The van der Waals surface area contributed by atoms with Crippen molar-refractivity contribution in [2.45, 2.75) is 13.8 Å². The molecule has 0 aliphatic carbocycles. The number of aryl methyl sites for hydroxylation is 2. The molecule has 1 nitrogen and oxygen atoms in total. The van der Waals surface area contributed by atoms with Gasteiger partial charge in [-0.3, -0.25) is 0 Å². The Hall–Kier alpha value is -1.40. The maximum atomic E-state index is 13.8. The second kappa shape index (κ2) is 5.49. The summed E-state index contributed by atoms with van der Waals surface area (Å²) in [6.07, 6.45) is 0. The van der Waals surface area contributed by atoms with Crippen LogP contribution in [0.5, 0.6) is 5.75 Å². The number of ether oxygens (including phenoxy) is 1. The molecule has 0 heterocycles. The summed E-state index contributed by atoms with van der Waals surface area (Å²) in [5, 5.41) is 1.77. The maximum absolute atomic E-state index is 13.8. The van der Waals surface area contributed by atoms with Crippen molar-refractivity contribution in [3.63, 3.8) is 0 Å². The summed E-state index contributed by atoms with van der Waals surface area (Å²) in [6, 6.07) is 11.3. The molecule has 0 aliphatic rings. The number of hydrogen-bond donors (Lipinski definition) is 0. The van der Waals surface area contributed by atoms with Crippen LogP contribution in [0.15, 0.2) is 36.4 Å². The molecule has 2 aromatic carbocycles. The zero-order valence-electron chi connectivity index (χ0n) is 10.8. The van der Waals surface area contributed by atoms with Gasteiger partial charge in [-0.1, -0.05) is 38.9 Å². The van der Waals surface area contributed by atoms with Crippen molar-refractivity contribution in [1.29, 1.82) is 0 Å². The van der Waals surface area contributed by atoms with Crippen LogP contribution in [0.3, 0.4) is 0 Å². The Bertz CT molecular complexity index is 566. The van der Waals surface area contributed by atoms with Gasteiger partial charge in [-0.2, -0.15) is 0 Å². The van der Waals surface area contributed by atoms with Crippen LogP contribution in [0.2, 0.25) is 0 Å². The third kappa shape index (κ3) is 2.70. The highest BCUT2D eigenvalue weighted by atomic mass is 31.1. The highest BCUT2D eigenvalue weighted by Gasteiger charge is 2.09. The largest absolute Gasteiger partial charge is 0.496 e. The van der Waals surface area contributed by atoms with Gasteiger partial charge in [0.05, 0.1) is 7.11 Å². The van der Waals surface area contributed by atoms with Crippen molar-refractivity contribution in [2.24, 2.45) is 0 Å². The van der Waals surface area contributed by atoms with Gasteiger partial charge < -0.3 is 4.74 Å². The van der Waals surface area contributed by atoms with Crippen molar-refractivity contribution in [3.05, 3.63) is 53.3 Å². The molecule has 0 spiro atoms. The first-order valence-electron chi connectivity index (χ1n) is 5.78. The van der Waals surface area contributed by atoms with Gasteiger partial charge in [-0.15, -0.1) is 0 Å². The predicted octanol–water partition coefficient (Wildman–Crippen LogP) is 3.08. The lowest BCUT2D eigenvalue weighted by atomic mass is 10.2. The summed E-state index contributed by atoms with van der Waals surface area (Å²) >= 11 is 0. The van der Waals surface area contributed by atoms with Gasteiger partial charge in [-0.05, 0) is 31.0 Å². The summed E-state index contributed by atoms with van der Waals surface area (Å²) < 4.78 is 19.2. The smallest absolute Gasteiger partial charge is 0.131 e. The lowest BCUT2D eigenvalue weighted by Crippen LogP contribution is -2.10. The number of hydrogen-bond acceptors (Lipinski definition) is 1. The molecule has 0 saturated carbocycles. The van der Waals surface area contributed by atoms with Gasteiger partial charge >= 0.3 is 0 Å². The third-order valence-corrected chi connectivity index (χ3v) is 4.15. The molecular formula is C15H16FOP. The minimum Gasteiger partial charge on any atom is -0.496 e. The third-order valence-electron chi connectivity index (χ3n) is 2.81. The van der Waals surface area contributed by atoms with E-state index in [0.717, 1.165) is 27.5 Å². The fourth-order valence-corrected chi connectivity index (χ4v) is 3.13. The molecule has 0 aromatic heterocycles. The zero-order valence-corrected chi connectivity index (χ0v) is 11.8. The van der Waals surface area contributed by atoms with Gasteiger partial charge in [0.15, 0.2) is 0 Å². The van der Waals surface area contributed by atoms with E-state index in [1.54, 1.807) is 13.2 Å². The lowest BCUT2D eigenvalue weighted by Gasteiger charge is -2.11. The summed E-state index contributed by atoms with van der Waals surface area (Å²) in [4.78, 5) is 0. The van der Waals surface area contributed by atoms with Crippen molar-refractivity contribution < 1.29 is 9.13 Å². The molecule has 0 aliphatic heterocycles. The van der Waals surface area contributed by atoms with Crippen LogP contribution in [0.4, 0.5) is 4.39 Å². The molecule has 0 bridgehead atoms. The van der Waals surface area contributed by atoms with E-state index < -0.39 is 0 Å². The maximum Gasteiger partial charge on any atom is 0.131 e. The van der Waals surface area contributed by atoms with Crippen LogP contribution < -0.4 is 15.3 Å². The monoisotopic (exact) mass is 262 g/mol. The minimum atomic E-state index is -0.142. The fourth-order valence-electron chi connectivity index (χ4n) is 1.89. The second-order valence-electron chi connectivity index (χ2n) is 4.26. The average molecular weight is 262 g/mol. The van der Waals surface area contributed by atoms with E-state index in [9.17, 15) is 4.39 Å². The average Bonchev–Trinajstić information content (AvgIpc) is 2.33. The molecule has 2 aromatic rings. The number of methoxy groups -OCH3 is 1. The Morgan fingerprint density at radius 2 is 1.83 bits per heavy atom. The SMILES string of the molecule is COc1c(C)cccc1Pc1ccc(C)cc1F. The van der Waals surface area contributed by atoms with Crippen molar-refractivity contribution >= 4 is 19.2 Å². The zero-order chi connectivity index (χ0) is 13.1. The molecule has 2 rings (SSSR count). The molecule has 0 N–H and O–H groups in total. The Balaban J connectivity index is 2.37. The Kier molecular flexibility index (Phi) is 3.98. The van der Waals surface area contributed by atoms with E-state index in [0.29, 0.717) is 0 Å². The quantitative estimate of drug-likeness (QED) is 0.772. The van der Waals surface area contributed by atoms with Gasteiger partial charge in [0.2, 0.25) is 0 Å². The number of para-hydroxylation sites is 1. The van der Waals surface area contributed by atoms with E-state index in [1.165, 1.54) is 0 Å². The first kappa shape index (κ1) is 13.0. The Morgan fingerprint density at radius 3 is 2.50 bits per heavy atom. The molecule has 3 heteroatoms. The molecular weight excluding hydrogens is 246 g/mol. The number of rotatable bonds is 3. The predicted molar refractivity (Wildman–Crippen MR) is 76.5 cm³/mol. The highest BCUT2D eigenvalue weighted by Crippen LogP contribution is 2.23. The lowest BCUT2D eigenvalue weighted by molar-refractivity contribution is 0.415. The van der Waals surface area contributed by atoms with Crippen molar-refractivity contribution in [3.8, 4) is 5.75 Å². The van der Waals surface area contributed by atoms with Crippen LogP contribution in [-0.4, -0.2) is 7.11 Å². The van der Waals surface area contributed by atoms with E-state index in [1.807, 2.05) is 44.2 Å². The summed E-state index contributed by atoms with van der Waals surface area (Å²) in [5.74, 6) is 0.715. The summed E-state index contributed by atoms with van der Waals surface area (Å²) in [7, 11) is 1.93. The standard InChI is InChI=1S/C15H16FOP/c1-10-7-8-13(12(16)9-10)18-14-6-4-5-11(2)15(14)17-3/h4-9,18H,1-3H3. The molecule has 1 atom stereocenters. The van der Waals surface area contributed by atoms with Crippen molar-refractivity contribution in [1.82, 2.24) is 0 Å². The molecule has 0 radical (unpaired) electrons. The molecule has 1 unspecified atom stereocenters. The topological polar surface area (TPSA) is 9.23 Å². The van der Waals surface area contributed by atoms with Gasteiger partial charge in [0, 0.05) is 10.6 Å². The Morgan fingerprint density at radius 1 is 1.06 bits per heavy atom. The first-order chi connectivity index (χ1) is 8.61. The molecule has 0 saturated heterocycles. The molecule has 18 heavy (non-hydrogen) atoms. The fraction of sp³-hybridized carbons (Fsp3) is 0.200. The van der Waals surface area contributed by atoms with Crippen LogP contribution in [0, 0.1) is 19.7 Å². The van der Waals surface area contributed by atoms with Gasteiger partial charge in [0.1, 0.15) is 11.6 Å². The number of halogens is 1.